The predicted octanol–water partition coefficient (Wildman–Crippen LogP) is 2.48. The van der Waals surface area contributed by atoms with Crippen LogP contribution < -0.4 is 24.4 Å². The quantitative estimate of drug-likeness (QED) is 0.568. The topological polar surface area (TPSA) is 112 Å². The van der Waals surface area contributed by atoms with Gasteiger partial charge in [-0.1, -0.05) is 0 Å². The lowest BCUT2D eigenvalue weighted by molar-refractivity contribution is -0.121. The van der Waals surface area contributed by atoms with E-state index in [0.29, 0.717) is 49.2 Å². The van der Waals surface area contributed by atoms with Crippen molar-refractivity contribution in [2.45, 2.75) is 18.9 Å². The highest BCUT2D eigenvalue weighted by atomic mass is 16.6. The third-order valence-corrected chi connectivity index (χ3v) is 5.71. The Morgan fingerprint density at radius 3 is 2.88 bits per heavy atom. The molecule has 0 radical (unpaired) electrons. The number of benzene rings is 1. The largest absolute Gasteiger partial charge is 0.486 e. The molecule has 10 nitrogen and oxygen atoms in total. The van der Waals surface area contributed by atoms with Crippen molar-refractivity contribution in [3.63, 3.8) is 0 Å². The van der Waals surface area contributed by atoms with E-state index in [1.165, 1.54) is 4.90 Å². The number of aryl methyl sites for hydroxylation is 1. The van der Waals surface area contributed by atoms with Gasteiger partial charge in [0.05, 0.1) is 36.9 Å². The van der Waals surface area contributed by atoms with Crippen molar-refractivity contribution >= 4 is 28.7 Å². The van der Waals surface area contributed by atoms with Gasteiger partial charge >= 0.3 is 6.09 Å². The molecular formula is C24H24N4O6. The van der Waals surface area contributed by atoms with Gasteiger partial charge in [-0.05, 0) is 36.2 Å². The first-order chi connectivity index (χ1) is 16.6. The molecule has 0 spiro atoms. The molecule has 34 heavy (non-hydrogen) atoms. The normalized spacial score (nSPS) is 16.9. The molecule has 1 saturated heterocycles. The zero-order valence-electron chi connectivity index (χ0n) is 18.7. The maximum Gasteiger partial charge on any atom is 0.414 e. The van der Waals surface area contributed by atoms with Crippen molar-refractivity contribution in [2.24, 2.45) is 0 Å². The summed E-state index contributed by atoms with van der Waals surface area (Å²) in [6.07, 6.45) is 1.56. The first-order valence-corrected chi connectivity index (χ1v) is 11.0. The van der Waals surface area contributed by atoms with Crippen LogP contribution in [0.25, 0.3) is 11.0 Å². The molecule has 176 valence electrons. The molecule has 1 unspecified atom stereocenters. The number of ether oxygens (including phenoxy) is 4. The number of hydrogen-bond acceptors (Lipinski definition) is 8. The van der Waals surface area contributed by atoms with E-state index in [-0.39, 0.29) is 18.9 Å². The summed E-state index contributed by atoms with van der Waals surface area (Å²) in [5.74, 6) is 1.62. The zero-order valence-corrected chi connectivity index (χ0v) is 18.7. The van der Waals surface area contributed by atoms with Crippen LogP contribution in [0.4, 0.5) is 10.5 Å². The second-order valence-corrected chi connectivity index (χ2v) is 7.94. The number of methoxy groups -OCH3 is 1. The molecule has 10 heteroatoms. The fourth-order valence-electron chi connectivity index (χ4n) is 3.98. The molecule has 0 aliphatic carbocycles. The molecular weight excluding hydrogens is 440 g/mol. The van der Waals surface area contributed by atoms with Crippen molar-refractivity contribution < 1.29 is 28.5 Å². The Labute approximate surface area is 195 Å². The lowest BCUT2D eigenvalue weighted by atomic mass is 10.1. The fourth-order valence-corrected chi connectivity index (χ4v) is 3.98. The van der Waals surface area contributed by atoms with Crippen LogP contribution in [-0.4, -0.2) is 61.5 Å². The Kier molecular flexibility index (Phi) is 6.03. The Morgan fingerprint density at radius 2 is 2.03 bits per heavy atom. The van der Waals surface area contributed by atoms with Crippen LogP contribution in [0.15, 0.2) is 42.6 Å². The van der Waals surface area contributed by atoms with Crippen LogP contribution in [0.5, 0.6) is 17.4 Å². The number of rotatable bonds is 7. The van der Waals surface area contributed by atoms with Crippen molar-refractivity contribution in [2.75, 3.05) is 38.3 Å². The summed E-state index contributed by atoms with van der Waals surface area (Å²) in [6.45, 7) is 1.53. The highest BCUT2D eigenvalue weighted by Gasteiger charge is 2.33. The maximum atomic E-state index is 12.5. The summed E-state index contributed by atoms with van der Waals surface area (Å²) >= 11 is 0. The van der Waals surface area contributed by atoms with Gasteiger partial charge in [0.25, 0.3) is 0 Å². The van der Waals surface area contributed by atoms with Gasteiger partial charge in [0.1, 0.15) is 19.3 Å². The van der Waals surface area contributed by atoms with Crippen LogP contribution in [0.3, 0.4) is 0 Å². The number of aromatic nitrogens is 2. The molecule has 1 aromatic carbocycles. The molecule has 3 aromatic rings. The highest BCUT2D eigenvalue weighted by Crippen LogP contribution is 2.35. The average molecular weight is 464 g/mol. The van der Waals surface area contributed by atoms with Crippen molar-refractivity contribution in [1.82, 2.24) is 15.3 Å². The number of nitrogens with zero attached hydrogens (tertiary/aromatic N) is 3. The molecule has 0 saturated carbocycles. The number of amides is 2. The maximum absolute atomic E-state index is 12.5. The monoisotopic (exact) mass is 464 g/mol. The van der Waals surface area contributed by atoms with E-state index in [9.17, 15) is 9.59 Å². The summed E-state index contributed by atoms with van der Waals surface area (Å²) in [5.41, 5.74) is 3.04. The summed E-state index contributed by atoms with van der Waals surface area (Å²) < 4.78 is 21.8. The van der Waals surface area contributed by atoms with Gasteiger partial charge in [-0.2, -0.15) is 0 Å². The highest BCUT2D eigenvalue weighted by molar-refractivity contribution is 5.90. The van der Waals surface area contributed by atoms with Gasteiger partial charge in [-0.15, -0.1) is 0 Å². The smallest absolute Gasteiger partial charge is 0.414 e. The number of carbonyl (C=O) groups excluding carboxylic acids is 2. The zero-order chi connectivity index (χ0) is 23.5. The molecule has 1 N–H and O–H groups in total. The Hall–Kier alpha value is -4.08. The van der Waals surface area contributed by atoms with E-state index in [0.717, 1.165) is 16.6 Å². The fraction of sp³-hybridized carbons (Fsp3) is 0.333. The van der Waals surface area contributed by atoms with Crippen LogP contribution in [0.2, 0.25) is 0 Å². The van der Waals surface area contributed by atoms with Gasteiger partial charge in [-0.25, -0.2) is 9.78 Å². The van der Waals surface area contributed by atoms with Gasteiger partial charge in [-0.3, -0.25) is 14.7 Å². The summed E-state index contributed by atoms with van der Waals surface area (Å²) in [5, 5.41) is 2.86. The molecule has 2 aliphatic rings. The number of cyclic esters (lactones) is 1. The van der Waals surface area contributed by atoms with E-state index in [1.807, 2.05) is 12.1 Å². The average Bonchev–Trinajstić information content (AvgIpc) is 3.25. The lowest BCUT2D eigenvalue weighted by Gasteiger charge is -2.21. The van der Waals surface area contributed by atoms with Crippen LogP contribution in [0, 0.1) is 0 Å². The number of fused-ring (bicyclic) bond motifs is 2. The second-order valence-electron chi connectivity index (χ2n) is 7.94. The van der Waals surface area contributed by atoms with Gasteiger partial charge < -0.3 is 24.3 Å². The van der Waals surface area contributed by atoms with E-state index in [1.54, 1.807) is 37.6 Å². The number of anilines is 1. The van der Waals surface area contributed by atoms with Crippen LogP contribution >= 0.6 is 0 Å². The molecule has 4 heterocycles. The predicted molar refractivity (Wildman–Crippen MR) is 122 cm³/mol. The molecule has 2 aromatic heterocycles. The molecule has 2 amide bonds. The van der Waals surface area contributed by atoms with Crippen molar-refractivity contribution in [1.29, 1.82) is 0 Å². The SMILES string of the molecule is COc1ccc2nccc(CCC(=O)NCC3CN(c4ccc5c(c4)OCCO5)C(=O)O3)c2n1. The summed E-state index contributed by atoms with van der Waals surface area (Å²) in [7, 11) is 1.56. The van der Waals surface area contributed by atoms with E-state index in [2.05, 4.69) is 15.3 Å². The third-order valence-electron chi connectivity index (χ3n) is 5.71. The minimum absolute atomic E-state index is 0.137. The molecule has 1 atom stereocenters. The summed E-state index contributed by atoms with van der Waals surface area (Å²) in [6, 6.07) is 10.8. The lowest BCUT2D eigenvalue weighted by Crippen LogP contribution is -2.34. The Bertz CT molecular complexity index is 1230. The number of nitrogens with one attached hydrogen (secondary N) is 1. The third kappa shape index (κ3) is 4.52. The molecule has 0 bridgehead atoms. The van der Waals surface area contributed by atoms with Crippen molar-refractivity contribution in [3.05, 3.63) is 48.2 Å². The second kappa shape index (κ2) is 9.42. The first kappa shape index (κ1) is 21.7. The number of pyridine rings is 2. The molecule has 5 rings (SSSR count). The minimum Gasteiger partial charge on any atom is -0.486 e. The Balaban J connectivity index is 1.15. The van der Waals surface area contributed by atoms with E-state index >= 15 is 0 Å². The van der Waals surface area contributed by atoms with Crippen molar-refractivity contribution in [3.8, 4) is 17.4 Å². The first-order valence-electron chi connectivity index (χ1n) is 11.0. The number of hydrogen-bond donors (Lipinski definition) is 1. The van der Waals surface area contributed by atoms with Crippen LogP contribution in [-0.2, 0) is 16.0 Å². The molecule has 1 fully saturated rings. The Morgan fingerprint density at radius 1 is 1.18 bits per heavy atom. The van der Waals surface area contributed by atoms with E-state index in [4.69, 9.17) is 18.9 Å². The van der Waals surface area contributed by atoms with Gasteiger partial charge in [0.15, 0.2) is 11.5 Å². The van der Waals surface area contributed by atoms with E-state index < -0.39 is 12.2 Å². The summed E-state index contributed by atoms with van der Waals surface area (Å²) in [4.78, 5) is 35.1. The van der Waals surface area contributed by atoms with Gasteiger partial charge in [0, 0.05) is 24.8 Å². The number of carbonyl (C=O) groups is 2. The van der Waals surface area contributed by atoms with Crippen LogP contribution in [0.1, 0.15) is 12.0 Å². The molecule has 2 aliphatic heterocycles. The minimum atomic E-state index is -0.459. The van der Waals surface area contributed by atoms with Gasteiger partial charge in [0.2, 0.25) is 11.8 Å². The standard InChI is InChI=1S/C24H24N4O6/c1-31-22-7-4-18-23(27-22)15(8-9-25-18)2-6-21(29)26-13-17-14-28(24(30)34-17)16-3-5-19-20(12-16)33-11-10-32-19/h3-5,7-9,12,17H,2,6,10-11,13-14H2,1H3,(H,26,29).